The molecule has 2 amide bonds. The van der Waals surface area contributed by atoms with Gasteiger partial charge >= 0.3 is 0 Å². The molecule has 2 aliphatic carbocycles. The van der Waals surface area contributed by atoms with Gasteiger partial charge in [-0.1, -0.05) is 32.9 Å². The normalized spacial score (nSPS) is 31.6. The molecular weight excluding hydrogens is 388 g/mol. The van der Waals surface area contributed by atoms with Gasteiger partial charge in [-0.15, -0.1) is 0 Å². The largest absolute Gasteiger partial charge is 0.508 e. The number of benzene rings is 1. The minimum absolute atomic E-state index is 0.0157. The van der Waals surface area contributed by atoms with Crippen molar-refractivity contribution in [2.24, 2.45) is 17.3 Å². The molecule has 2 fully saturated rings. The van der Waals surface area contributed by atoms with Crippen LogP contribution in [-0.2, 0) is 21.4 Å². The smallest absolute Gasteiger partial charge is 0.225 e. The number of fused-ring (bicyclic) bond motifs is 4. The number of aromatic hydroxyl groups is 1. The van der Waals surface area contributed by atoms with E-state index in [1.807, 2.05) is 20.0 Å². The number of hydrogen-bond acceptors (Lipinski definition) is 3. The molecular formula is C26H38N2O3. The average Bonchev–Trinajstić information content (AvgIpc) is 2.75. The van der Waals surface area contributed by atoms with E-state index in [-0.39, 0.29) is 40.5 Å². The highest BCUT2D eigenvalue weighted by molar-refractivity contribution is 5.82. The summed E-state index contributed by atoms with van der Waals surface area (Å²) in [7, 11) is 1.86. The van der Waals surface area contributed by atoms with Gasteiger partial charge in [-0.2, -0.15) is 0 Å². The molecule has 5 nitrogen and oxygen atoms in total. The van der Waals surface area contributed by atoms with Gasteiger partial charge in [-0.3, -0.25) is 9.59 Å². The van der Waals surface area contributed by atoms with Crippen molar-refractivity contribution in [3.63, 3.8) is 0 Å². The average molecular weight is 427 g/mol. The van der Waals surface area contributed by atoms with Crippen LogP contribution in [0.4, 0.5) is 0 Å². The predicted molar refractivity (Wildman–Crippen MR) is 122 cm³/mol. The van der Waals surface area contributed by atoms with Gasteiger partial charge in [0.2, 0.25) is 11.8 Å². The summed E-state index contributed by atoms with van der Waals surface area (Å²) in [4.78, 5) is 30.1. The fraction of sp³-hybridized carbons (Fsp3) is 0.692. The van der Waals surface area contributed by atoms with E-state index in [0.717, 1.165) is 50.8 Å². The zero-order chi connectivity index (χ0) is 22.6. The van der Waals surface area contributed by atoms with Gasteiger partial charge in [-0.05, 0) is 68.1 Å². The molecule has 0 spiro atoms. The van der Waals surface area contributed by atoms with Gasteiger partial charge in [-0.25, -0.2) is 0 Å². The van der Waals surface area contributed by atoms with Crippen LogP contribution in [-0.4, -0.2) is 52.9 Å². The number of amides is 2. The molecule has 1 N–H and O–H groups in total. The van der Waals surface area contributed by atoms with Crippen molar-refractivity contribution >= 4 is 11.8 Å². The third-order valence-electron chi connectivity index (χ3n) is 9.19. The van der Waals surface area contributed by atoms with E-state index in [1.54, 1.807) is 11.0 Å². The quantitative estimate of drug-likeness (QED) is 0.791. The van der Waals surface area contributed by atoms with Crippen molar-refractivity contribution in [1.29, 1.82) is 0 Å². The molecule has 31 heavy (non-hydrogen) atoms. The molecule has 0 unspecified atom stereocenters. The Kier molecular flexibility index (Phi) is 5.60. The Morgan fingerprint density at radius 3 is 2.42 bits per heavy atom. The van der Waals surface area contributed by atoms with E-state index < -0.39 is 0 Å². The van der Waals surface area contributed by atoms with E-state index in [2.05, 4.69) is 31.7 Å². The highest BCUT2D eigenvalue weighted by Gasteiger charge is 2.57. The number of rotatable bonds is 3. The van der Waals surface area contributed by atoms with Crippen molar-refractivity contribution in [2.75, 3.05) is 20.1 Å². The summed E-state index contributed by atoms with van der Waals surface area (Å²) in [5.41, 5.74) is 2.14. The van der Waals surface area contributed by atoms with Crippen LogP contribution in [0.1, 0.15) is 70.9 Å². The lowest BCUT2D eigenvalue weighted by atomic mass is 9.51. The van der Waals surface area contributed by atoms with Crippen LogP contribution < -0.4 is 0 Å². The van der Waals surface area contributed by atoms with Crippen molar-refractivity contribution < 1.29 is 14.7 Å². The molecule has 5 heteroatoms. The molecule has 0 radical (unpaired) electrons. The summed E-state index contributed by atoms with van der Waals surface area (Å²) in [6.45, 7) is 10.4. The summed E-state index contributed by atoms with van der Waals surface area (Å²) in [5, 5.41) is 10.6. The Balaban J connectivity index is 1.53. The van der Waals surface area contributed by atoms with E-state index in [9.17, 15) is 14.7 Å². The minimum Gasteiger partial charge on any atom is -0.508 e. The molecule has 1 aromatic carbocycles. The van der Waals surface area contributed by atoms with Crippen LogP contribution in [0, 0.1) is 17.3 Å². The van der Waals surface area contributed by atoms with Gasteiger partial charge < -0.3 is 14.9 Å². The maximum absolute atomic E-state index is 13.7. The Hall–Kier alpha value is -2.04. The van der Waals surface area contributed by atoms with Gasteiger partial charge in [0, 0.05) is 43.4 Å². The second-order valence-electron chi connectivity index (χ2n) is 10.8. The first-order chi connectivity index (χ1) is 14.6. The van der Waals surface area contributed by atoms with Crippen LogP contribution >= 0.6 is 0 Å². The summed E-state index contributed by atoms with van der Waals surface area (Å²) < 4.78 is 0. The number of phenolic OH excluding ortho intramolecular Hbond substituents is 1. The Morgan fingerprint density at radius 1 is 1.13 bits per heavy atom. The standard InChI is InChI=1S/C26H38N2O3/c1-6-27(5)23(30)17-10-12-18(13-11-17)24(31)28-15-14-26(4)20-8-7-9-21(29)19(20)16-22(28)25(26,2)3/h7-9,17-18,22,29H,6,10-16H2,1-5H3/t17?,18?,22-,26+/m1/s1. The third-order valence-corrected chi connectivity index (χ3v) is 9.19. The molecule has 0 aromatic heterocycles. The molecule has 3 aliphatic rings. The Labute approximate surface area is 186 Å². The SMILES string of the molecule is CCN(C)C(=O)C1CCC(C(=O)N2CC[C@@]3(C)c4cccc(O)c4C[C@@H]2C3(C)C)CC1. The lowest BCUT2D eigenvalue weighted by molar-refractivity contribution is -0.150. The third kappa shape index (κ3) is 3.35. The first-order valence-corrected chi connectivity index (χ1v) is 12.0. The Bertz CT molecular complexity index is 871. The first-order valence-electron chi connectivity index (χ1n) is 12.0. The van der Waals surface area contributed by atoms with E-state index in [0.29, 0.717) is 12.2 Å². The lowest BCUT2D eigenvalue weighted by Gasteiger charge is -2.61. The second kappa shape index (κ2) is 7.83. The highest BCUT2D eigenvalue weighted by atomic mass is 16.3. The maximum atomic E-state index is 13.7. The number of hydrogen-bond donors (Lipinski definition) is 1. The molecule has 1 saturated heterocycles. The molecule has 2 bridgehead atoms. The summed E-state index contributed by atoms with van der Waals surface area (Å²) in [5.74, 6) is 0.921. The molecule has 1 aliphatic heterocycles. The van der Waals surface area contributed by atoms with Crippen molar-refractivity contribution in [2.45, 2.75) is 77.7 Å². The number of carbonyl (C=O) groups excluding carboxylic acids is 2. The number of likely N-dealkylation sites (tertiary alicyclic amines) is 1. The molecule has 1 heterocycles. The first kappa shape index (κ1) is 22.2. The Morgan fingerprint density at radius 2 is 1.77 bits per heavy atom. The fourth-order valence-corrected chi connectivity index (χ4v) is 6.48. The number of carbonyl (C=O) groups is 2. The second-order valence-corrected chi connectivity index (χ2v) is 10.8. The van der Waals surface area contributed by atoms with Crippen LogP contribution in [0.25, 0.3) is 0 Å². The van der Waals surface area contributed by atoms with E-state index >= 15 is 0 Å². The number of phenols is 1. The molecule has 170 valence electrons. The zero-order valence-electron chi connectivity index (χ0n) is 19.8. The zero-order valence-corrected chi connectivity index (χ0v) is 19.8. The van der Waals surface area contributed by atoms with Gasteiger partial charge in [0.1, 0.15) is 5.75 Å². The summed E-state index contributed by atoms with van der Waals surface area (Å²) in [6.07, 6.45) is 4.84. The van der Waals surface area contributed by atoms with Crippen LogP contribution in [0.15, 0.2) is 18.2 Å². The molecule has 1 saturated carbocycles. The van der Waals surface area contributed by atoms with Crippen molar-refractivity contribution in [3.05, 3.63) is 29.3 Å². The lowest BCUT2D eigenvalue weighted by Crippen LogP contribution is -2.65. The van der Waals surface area contributed by atoms with Crippen LogP contribution in [0.5, 0.6) is 5.75 Å². The monoisotopic (exact) mass is 426 g/mol. The fourth-order valence-electron chi connectivity index (χ4n) is 6.48. The van der Waals surface area contributed by atoms with Gasteiger partial charge in [0.05, 0.1) is 0 Å². The molecule has 2 atom stereocenters. The van der Waals surface area contributed by atoms with Gasteiger partial charge in [0.15, 0.2) is 0 Å². The van der Waals surface area contributed by atoms with Gasteiger partial charge in [0.25, 0.3) is 0 Å². The molecule has 1 aromatic rings. The highest BCUT2D eigenvalue weighted by Crippen LogP contribution is 2.57. The topological polar surface area (TPSA) is 60.9 Å². The van der Waals surface area contributed by atoms with E-state index in [1.165, 1.54) is 5.56 Å². The predicted octanol–water partition coefficient (Wildman–Crippen LogP) is 4.12. The summed E-state index contributed by atoms with van der Waals surface area (Å²) >= 11 is 0. The summed E-state index contributed by atoms with van der Waals surface area (Å²) in [6, 6.07) is 5.97. The van der Waals surface area contributed by atoms with E-state index in [4.69, 9.17) is 0 Å². The minimum atomic E-state index is -0.0707. The maximum Gasteiger partial charge on any atom is 0.225 e. The van der Waals surface area contributed by atoms with Crippen molar-refractivity contribution in [1.82, 2.24) is 9.80 Å². The number of piperidine rings is 1. The van der Waals surface area contributed by atoms with Crippen LogP contribution in [0.2, 0.25) is 0 Å². The van der Waals surface area contributed by atoms with Crippen molar-refractivity contribution in [3.8, 4) is 5.75 Å². The van der Waals surface area contributed by atoms with Crippen LogP contribution in [0.3, 0.4) is 0 Å². The number of nitrogens with zero attached hydrogens (tertiary/aromatic N) is 2. The molecule has 4 rings (SSSR count).